The number of nitrogens with zero attached hydrogens (tertiary/aromatic N) is 9. The number of imidazole rings is 1. The molecule has 0 atom stereocenters. The number of pyridine rings is 1. The van der Waals surface area contributed by atoms with E-state index >= 15 is 0 Å². The number of rotatable bonds is 10. The quantitative estimate of drug-likeness (QED) is 0.154. The van der Waals surface area contributed by atoms with Crippen LogP contribution in [0.25, 0.3) is 11.2 Å². The van der Waals surface area contributed by atoms with Crippen LogP contribution in [0.2, 0.25) is 0 Å². The number of piperazine rings is 1. The average molecular weight is 741 g/mol. The van der Waals surface area contributed by atoms with Crippen molar-refractivity contribution in [3.8, 4) is 0 Å². The molecular formula is C41H48N12O2. The molecule has 3 amide bonds. The molecule has 0 radical (unpaired) electrons. The predicted molar refractivity (Wildman–Crippen MR) is 214 cm³/mol. The van der Waals surface area contributed by atoms with Gasteiger partial charge in [-0.15, -0.1) is 0 Å². The lowest BCUT2D eigenvalue weighted by Gasteiger charge is -2.43. The molecule has 1 saturated carbocycles. The van der Waals surface area contributed by atoms with Gasteiger partial charge in [0.25, 0.3) is 0 Å². The number of hydrogen-bond acceptors (Lipinski definition) is 11. The molecule has 3 saturated heterocycles. The van der Waals surface area contributed by atoms with E-state index in [1.165, 1.54) is 18.5 Å². The molecule has 1 aliphatic carbocycles. The van der Waals surface area contributed by atoms with E-state index in [4.69, 9.17) is 9.97 Å². The standard InChI is InChI=1S/C41H48N12O2/c54-37-18-21-52(41(55)47-37)35-15-12-31(42-26-35)28-49-22-24-51(25-23-49)33-16-19-50(20-17-33)32-13-10-30(11-14-32)44-39-43-27-36-38(48-39)53(34-8-4-5-9-34)40(46-36)45-29-6-2-1-3-7-29/h1-3,6-7,10-15,26-27,33-34H,4-5,8-9,16-25,28H2,(H,45,46)(H,43,44,48)(H,47,54,55). The van der Waals surface area contributed by atoms with Gasteiger partial charge in [-0.1, -0.05) is 31.0 Å². The largest absolute Gasteiger partial charge is 0.371 e. The maximum atomic E-state index is 12.2. The van der Waals surface area contributed by atoms with Crippen molar-refractivity contribution in [3.63, 3.8) is 0 Å². The van der Waals surface area contributed by atoms with Gasteiger partial charge in [0, 0.05) is 87.9 Å². The third kappa shape index (κ3) is 7.82. The molecule has 3 aromatic heterocycles. The number of benzene rings is 2. The number of hydrogen-bond donors (Lipinski definition) is 3. The first-order chi connectivity index (χ1) is 27.0. The van der Waals surface area contributed by atoms with Crippen LogP contribution in [0, 0.1) is 0 Å². The Hall–Kier alpha value is -5.60. The molecule has 3 N–H and O–H groups in total. The number of urea groups is 1. The van der Waals surface area contributed by atoms with Gasteiger partial charge in [0.1, 0.15) is 5.52 Å². The van der Waals surface area contributed by atoms with Crippen LogP contribution in [0.15, 0.2) is 79.1 Å². The van der Waals surface area contributed by atoms with Crippen molar-refractivity contribution in [1.29, 1.82) is 0 Å². The second-order valence-electron chi connectivity index (χ2n) is 15.1. The lowest BCUT2D eigenvalue weighted by molar-refractivity contribution is -0.120. The zero-order valence-electron chi connectivity index (χ0n) is 31.1. The number of piperidine rings is 1. The first kappa shape index (κ1) is 35.1. The predicted octanol–water partition coefficient (Wildman–Crippen LogP) is 6.06. The van der Waals surface area contributed by atoms with Crippen LogP contribution in [0.3, 0.4) is 0 Å². The van der Waals surface area contributed by atoms with Crippen molar-refractivity contribution in [2.45, 2.75) is 63.6 Å². The van der Waals surface area contributed by atoms with Gasteiger partial charge in [0.05, 0.1) is 23.8 Å². The first-order valence-corrected chi connectivity index (χ1v) is 19.7. The first-order valence-electron chi connectivity index (χ1n) is 19.7. The normalized spacial score (nSPS) is 19.3. The Balaban J connectivity index is 0.762. The van der Waals surface area contributed by atoms with Gasteiger partial charge in [0.2, 0.25) is 17.8 Å². The van der Waals surface area contributed by atoms with Gasteiger partial charge in [0.15, 0.2) is 5.65 Å². The van der Waals surface area contributed by atoms with E-state index < -0.39 is 0 Å². The summed E-state index contributed by atoms with van der Waals surface area (Å²) in [4.78, 5) is 52.0. The number of nitrogens with one attached hydrogen (secondary N) is 3. The molecule has 284 valence electrons. The number of carbonyl (C=O) groups excluding carboxylic acids is 2. The topological polar surface area (TPSA) is 140 Å². The van der Waals surface area contributed by atoms with Gasteiger partial charge in [-0.3, -0.25) is 34.4 Å². The van der Waals surface area contributed by atoms with Crippen molar-refractivity contribution in [2.24, 2.45) is 0 Å². The zero-order valence-corrected chi connectivity index (χ0v) is 31.1. The van der Waals surface area contributed by atoms with Crippen LogP contribution in [0.4, 0.5) is 39.4 Å². The van der Waals surface area contributed by atoms with Crippen LogP contribution >= 0.6 is 0 Å². The van der Waals surface area contributed by atoms with Crippen molar-refractivity contribution < 1.29 is 9.59 Å². The third-order valence-corrected chi connectivity index (χ3v) is 11.6. The highest BCUT2D eigenvalue weighted by Crippen LogP contribution is 2.36. The Morgan fingerprint density at radius 3 is 2.16 bits per heavy atom. The van der Waals surface area contributed by atoms with E-state index in [1.54, 1.807) is 11.1 Å². The molecule has 5 aromatic rings. The summed E-state index contributed by atoms with van der Waals surface area (Å²) >= 11 is 0. The Bertz CT molecular complexity index is 2100. The molecule has 0 spiro atoms. The number of anilines is 6. The van der Waals surface area contributed by atoms with E-state index in [9.17, 15) is 9.59 Å². The summed E-state index contributed by atoms with van der Waals surface area (Å²) in [5.74, 6) is 1.16. The molecule has 3 aliphatic heterocycles. The minimum absolute atomic E-state index is 0.231. The molecule has 4 fully saturated rings. The van der Waals surface area contributed by atoms with Crippen molar-refractivity contribution in [3.05, 3.63) is 84.8 Å². The van der Waals surface area contributed by atoms with E-state index in [1.807, 2.05) is 36.5 Å². The van der Waals surface area contributed by atoms with E-state index in [0.717, 1.165) is 111 Å². The van der Waals surface area contributed by atoms with Crippen LogP contribution in [0.5, 0.6) is 0 Å². The number of amides is 3. The van der Waals surface area contributed by atoms with E-state index in [2.05, 4.69) is 81.6 Å². The lowest BCUT2D eigenvalue weighted by atomic mass is 10.0. The fourth-order valence-electron chi connectivity index (χ4n) is 8.57. The Labute approximate surface area is 321 Å². The Morgan fingerprint density at radius 2 is 1.44 bits per heavy atom. The van der Waals surface area contributed by atoms with Crippen LogP contribution < -0.4 is 25.8 Å². The fourth-order valence-corrected chi connectivity index (χ4v) is 8.57. The van der Waals surface area contributed by atoms with Crippen LogP contribution in [-0.4, -0.2) is 98.1 Å². The minimum Gasteiger partial charge on any atom is -0.371 e. The van der Waals surface area contributed by atoms with E-state index in [0.29, 0.717) is 31.0 Å². The summed E-state index contributed by atoms with van der Waals surface area (Å²) in [5.41, 5.74) is 6.58. The van der Waals surface area contributed by atoms with Gasteiger partial charge < -0.3 is 15.5 Å². The molecular weight excluding hydrogens is 693 g/mol. The summed E-state index contributed by atoms with van der Waals surface area (Å²) in [5, 5.41) is 9.34. The molecule has 9 rings (SSSR count). The highest BCUT2D eigenvalue weighted by molar-refractivity contribution is 6.05. The molecule has 0 bridgehead atoms. The van der Waals surface area contributed by atoms with Gasteiger partial charge in [-0.05, 0) is 74.2 Å². The molecule has 0 unspecified atom stereocenters. The summed E-state index contributed by atoms with van der Waals surface area (Å²) in [6, 6.07) is 23.3. The summed E-state index contributed by atoms with van der Waals surface area (Å²) in [6.45, 7) is 7.41. The highest BCUT2D eigenvalue weighted by Gasteiger charge is 2.29. The summed E-state index contributed by atoms with van der Waals surface area (Å²) in [7, 11) is 0. The van der Waals surface area contributed by atoms with Crippen molar-refractivity contribution >= 4 is 57.7 Å². The number of fused-ring (bicyclic) bond motifs is 1. The average Bonchev–Trinajstić information content (AvgIpc) is 3.87. The van der Waals surface area contributed by atoms with Gasteiger partial charge >= 0.3 is 6.03 Å². The van der Waals surface area contributed by atoms with Crippen molar-refractivity contribution in [1.82, 2.24) is 39.6 Å². The molecule has 14 heteroatoms. The maximum Gasteiger partial charge on any atom is 0.328 e. The summed E-state index contributed by atoms with van der Waals surface area (Å²) in [6.07, 6.45) is 10.9. The number of para-hydroxylation sites is 1. The van der Waals surface area contributed by atoms with E-state index in [-0.39, 0.29) is 11.9 Å². The van der Waals surface area contributed by atoms with Gasteiger partial charge in [-0.2, -0.15) is 4.98 Å². The number of aromatic nitrogens is 5. The van der Waals surface area contributed by atoms with Crippen molar-refractivity contribution in [2.75, 3.05) is 66.2 Å². The minimum atomic E-state index is -0.381. The Morgan fingerprint density at radius 1 is 0.691 bits per heavy atom. The molecule has 6 heterocycles. The van der Waals surface area contributed by atoms with Gasteiger partial charge in [-0.25, -0.2) is 14.8 Å². The monoisotopic (exact) mass is 740 g/mol. The lowest BCUT2D eigenvalue weighted by Crippen LogP contribution is -2.53. The molecule has 14 nitrogen and oxygen atoms in total. The third-order valence-electron chi connectivity index (χ3n) is 11.6. The Kier molecular flexibility index (Phi) is 9.98. The second kappa shape index (κ2) is 15.6. The SMILES string of the molecule is O=C1CCN(c2ccc(CN3CCN(C4CCN(c5ccc(Nc6ncc7nc(Nc8ccccc8)n(C8CCCC8)c7n6)cc5)CC4)CC3)nc2)C(=O)N1. The maximum absolute atomic E-state index is 12.2. The van der Waals surface area contributed by atoms with Crippen LogP contribution in [0.1, 0.15) is 56.7 Å². The highest BCUT2D eigenvalue weighted by atomic mass is 16.2. The molecule has 4 aliphatic rings. The number of carbonyl (C=O) groups is 2. The zero-order chi connectivity index (χ0) is 37.1. The second-order valence-corrected chi connectivity index (χ2v) is 15.1. The molecule has 55 heavy (non-hydrogen) atoms. The number of imide groups is 1. The smallest absolute Gasteiger partial charge is 0.328 e. The fraction of sp³-hybridized carbons (Fsp3) is 0.415. The summed E-state index contributed by atoms with van der Waals surface area (Å²) < 4.78 is 2.28. The molecule has 2 aromatic carbocycles. The van der Waals surface area contributed by atoms with Crippen LogP contribution in [-0.2, 0) is 11.3 Å².